The molecule has 32 heavy (non-hydrogen) atoms. The molecule has 1 saturated heterocycles. The zero-order valence-corrected chi connectivity index (χ0v) is 22.3. The van der Waals surface area contributed by atoms with Gasteiger partial charge in [0, 0.05) is 32.3 Å². The molecule has 0 spiro atoms. The number of phenols is 1. The first-order valence-corrected chi connectivity index (χ1v) is 13.7. The van der Waals surface area contributed by atoms with Crippen LogP contribution in [0.3, 0.4) is 0 Å². The Balaban J connectivity index is 1.52. The van der Waals surface area contributed by atoms with E-state index in [4.69, 9.17) is 0 Å². The van der Waals surface area contributed by atoms with E-state index in [1.807, 2.05) is 18.5 Å². The first-order valence-electron chi connectivity index (χ1n) is 9.78. The van der Waals surface area contributed by atoms with Crippen LogP contribution in [0.15, 0.2) is 21.2 Å². The summed E-state index contributed by atoms with van der Waals surface area (Å²) in [7, 11) is -0.792. The number of benzene rings is 1. The number of nitrogens with one attached hydrogen (secondary N) is 2. The van der Waals surface area contributed by atoms with E-state index in [1.165, 1.54) is 17.5 Å². The predicted octanol–water partition coefficient (Wildman–Crippen LogP) is 5.18. The van der Waals surface area contributed by atoms with E-state index in [0.717, 1.165) is 22.2 Å². The Kier molecular flexibility index (Phi) is 6.76. The molecular weight excluding hydrogens is 582 g/mol. The fourth-order valence-corrected chi connectivity index (χ4v) is 6.47. The summed E-state index contributed by atoms with van der Waals surface area (Å²) in [5.41, 5.74) is 2.94. The second-order valence-electron chi connectivity index (χ2n) is 7.56. The van der Waals surface area contributed by atoms with Crippen molar-refractivity contribution in [2.75, 3.05) is 22.1 Å². The normalized spacial score (nSPS) is 18.2. The van der Waals surface area contributed by atoms with Crippen molar-refractivity contribution in [2.24, 2.45) is 0 Å². The van der Waals surface area contributed by atoms with Gasteiger partial charge in [-0.3, -0.25) is 13.7 Å². The standard InChI is InChI=1S/C20H21Br2N5O3S2/c1-9-13(21)6-14(28)10(2)17(9)24-19(29)15-7-23-20(31-15)25-18-16(22)11(3)27(26-18)12-4-5-32(30)8-12/h6-7,12,28H,4-5,8H2,1-3H3,(H,24,29)(H,23,25,26). The average Bonchev–Trinajstić information content (AvgIpc) is 3.46. The van der Waals surface area contributed by atoms with Gasteiger partial charge in [0.1, 0.15) is 10.6 Å². The van der Waals surface area contributed by atoms with Crippen molar-refractivity contribution >= 4 is 76.5 Å². The Morgan fingerprint density at radius 3 is 2.75 bits per heavy atom. The van der Waals surface area contributed by atoms with E-state index < -0.39 is 10.8 Å². The molecule has 12 heteroatoms. The number of carbonyl (C=O) groups excluding carboxylic acids is 1. The molecule has 1 fully saturated rings. The van der Waals surface area contributed by atoms with E-state index in [1.54, 1.807) is 13.0 Å². The number of amides is 1. The Labute approximate surface area is 208 Å². The number of anilines is 3. The highest BCUT2D eigenvalue weighted by Gasteiger charge is 2.27. The van der Waals surface area contributed by atoms with Gasteiger partial charge in [0.15, 0.2) is 10.9 Å². The van der Waals surface area contributed by atoms with Crippen molar-refractivity contribution in [2.45, 2.75) is 33.2 Å². The van der Waals surface area contributed by atoms with Gasteiger partial charge in [-0.05, 0) is 54.8 Å². The summed E-state index contributed by atoms with van der Waals surface area (Å²) in [5, 5.41) is 21.3. The highest BCUT2D eigenvalue weighted by molar-refractivity contribution is 9.11. The number of nitrogens with zero attached hydrogens (tertiary/aromatic N) is 3. The third kappa shape index (κ3) is 4.50. The predicted molar refractivity (Wildman–Crippen MR) is 135 cm³/mol. The van der Waals surface area contributed by atoms with Crippen LogP contribution in [0.1, 0.15) is 39.0 Å². The summed E-state index contributed by atoms with van der Waals surface area (Å²) < 4.78 is 15.2. The Bertz CT molecular complexity index is 1210. The number of halogens is 2. The molecule has 0 radical (unpaired) electrons. The Hall–Kier alpha value is -1.76. The quantitative estimate of drug-likeness (QED) is 0.371. The second kappa shape index (κ2) is 9.24. The van der Waals surface area contributed by atoms with Crippen LogP contribution in [-0.2, 0) is 10.8 Å². The molecule has 0 bridgehead atoms. The summed E-state index contributed by atoms with van der Waals surface area (Å²) in [6.45, 7) is 5.57. The van der Waals surface area contributed by atoms with E-state index in [0.29, 0.717) is 43.1 Å². The molecule has 1 amide bonds. The number of rotatable bonds is 5. The van der Waals surface area contributed by atoms with E-state index >= 15 is 0 Å². The lowest BCUT2D eigenvalue weighted by molar-refractivity contribution is 0.103. The molecule has 2 aromatic heterocycles. The minimum absolute atomic E-state index is 0.103. The van der Waals surface area contributed by atoms with Crippen LogP contribution in [0.25, 0.3) is 0 Å². The van der Waals surface area contributed by atoms with Crippen LogP contribution in [-0.4, -0.2) is 41.5 Å². The fraction of sp³-hybridized carbons (Fsp3) is 0.350. The molecule has 3 N–H and O–H groups in total. The molecule has 4 rings (SSSR count). The first kappa shape index (κ1) is 23.4. The molecule has 0 saturated carbocycles. The molecule has 1 aromatic carbocycles. The van der Waals surface area contributed by atoms with Gasteiger partial charge >= 0.3 is 0 Å². The fourth-order valence-electron chi connectivity index (χ4n) is 3.54. The van der Waals surface area contributed by atoms with Crippen molar-refractivity contribution in [1.29, 1.82) is 0 Å². The minimum atomic E-state index is -0.792. The van der Waals surface area contributed by atoms with Gasteiger partial charge in [-0.15, -0.1) is 0 Å². The number of aromatic hydroxyl groups is 1. The molecule has 170 valence electrons. The summed E-state index contributed by atoms with van der Waals surface area (Å²) in [6.07, 6.45) is 2.34. The van der Waals surface area contributed by atoms with Crippen molar-refractivity contribution in [3.8, 4) is 5.75 Å². The largest absolute Gasteiger partial charge is 0.508 e. The molecule has 2 atom stereocenters. The Morgan fingerprint density at radius 1 is 1.31 bits per heavy atom. The summed E-state index contributed by atoms with van der Waals surface area (Å²) in [4.78, 5) is 17.5. The van der Waals surface area contributed by atoms with Crippen molar-refractivity contribution < 1.29 is 14.1 Å². The maximum absolute atomic E-state index is 12.8. The summed E-state index contributed by atoms with van der Waals surface area (Å²) >= 11 is 8.18. The Morgan fingerprint density at radius 2 is 2.06 bits per heavy atom. The molecule has 1 aliphatic rings. The maximum Gasteiger partial charge on any atom is 0.267 e. The van der Waals surface area contributed by atoms with Crippen molar-refractivity contribution in [3.63, 3.8) is 0 Å². The zero-order chi connectivity index (χ0) is 23.2. The van der Waals surface area contributed by atoms with Gasteiger partial charge in [0.05, 0.1) is 28.1 Å². The number of aromatic nitrogens is 3. The third-order valence-electron chi connectivity index (χ3n) is 5.43. The average molecular weight is 603 g/mol. The van der Waals surface area contributed by atoms with Crippen LogP contribution >= 0.6 is 43.2 Å². The molecule has 2 unspecified atom stereocenters. The van der Waals surface area contributed by atoms with E-state index in [-0.39, 0.29) is 17.7 Å². The molecule has 3 aromatic rings. The van der Waals surface area contributed by atoms with Crippen molar-refractivity contribution in [3.05, 3.63) is 42.9 Å². The number of thiazole rings is 1. The van der Waals surface area contributed by atoms with Gasteiger partial charge in [0.2, 0.25) is 0 Å². The molecular formula is C20H21Br2N5O3S2. The van der Waals surface area contributed by atoms with E-state index in [9.17, 15) is 14.1 Å². The topological polar surface area (TPSA) is 109 Å². The van der Waals surface area contributed by atoms with Gasteiger partial charge in [-0.2, -0.15) is 5.10 Å². The monoisotopic (exact) mass is 601 g/mol. The molecule has 8 nitrogen and oxygen atoms in total. The first-order chi connectivity index (χ1) is 15.2. The third-order valence-corrected chi connectivity index (χ3v) is 9.56. The summed E-state index contributed by atoms with van der Waals surface area (Å²) in [5.74, 6) is 1.70. The zero-order valence-electron chi connectivity index (χ0n) is 17.5. The molecule has 3 heterocycles. The van der Waals surface area contributed by atoms with Crippen LogP contribution in [0.4, 0.5) is 16.6 Å². The van der Waals surface area contributed by atoms with Crippen molar-refractivity contribution in [1.82, 2.24) is 14.8 Å². The maximum atomic E-state index is 12.8. The highest BCUT2D eigenvalue weighted by atomic mass is 79.9. The highest BCUT2D eigenvalue weighted by Crippen LogP contribution is 2.36. The number of carbonyl (C=O) groups is 1. The van der Waals surface area contributed by atoms with Gasteiger partial charge in [-0.25, -0.2) is 4.98 Å². The lowest BCUT2D eigenvalue weighted by Gasteiger charge is -2.13. The number of hydrogen-bond donors (Lipinski definition) is 3. The van der Waals surface area contributed by atoms with Crippen LogP contribution in [0, 0.1) is 20.8 Å². The SMILES string of the molecule is Cc1c(O)cc(Br)c(C)c1NC(=O)c1cnc(Nc2nn(C3CCS(=O)C3)c(C)c2Br)s1. The van der Waals surface area contributed by atoms with Crippen LogP contribution < -0.4 is 10.6 Å². The smallest absolute Gasteiger partial charge is 0.267 e. The van der Waals surface area contributed by atoms with Gasteiger partial charge < -0.3 is 15.7 Å². The van der Waals surface area contributed by atoms with E-state index in [2.05, 4.69) is 52.6 Å². The second-order valence-corrected chi connectivity index (χ2v) is 11.9. The van der Waals surface area contributed by atoms with Crippen LogP contribution in [0.5, 0.6) is 5.75 Å². The van der Waals surface area contributed by atoms with Gasteiger partial charge in [0.25, 0.3) is 5.91 Å². The lowest BCUT2D eigenvalue weighted by atomic mass is 10.1. The summed E-state index contributed by atoms with van der Waals surface area (Å²) in [6, 6.07) is 1.73. The minimum Gasteiger partial charge on any atom is -0.508 e. The lowest BCUT2D eigenvalue weighted by Crippen LogP contribution is -2.12. The van der Waals surface area contributed by atoms with Gasteiger partial charge in [-0.1, -0.05) is 27.3 Å². The number of hydrogen-bond acceptors (Lipinski definition) is 7. The molecule has 1 aliphatic heterocycles. The number of phenolic OH excluding ortho intramolecular Hbond substituents is 1. The molecule has 0 aliphatic carbocycles. The van der Waals surface area contributed by atoms with Crippen LogP contribution in [0.2, 0.25) is 0 Å².